The molecule has 2 rings (SSSR count). The quantitative estimate of drug-likeness (QED) is 0.931. The number of rotatable bonds is 4. The first-order chi connectivity index (χ1) is 10.5. The van der Waals surface area contributed by atoms with Crippen LogP contribution in [0.25, 0.3) is 0 Å². The molecule has 1 amide bonds. The standard InChI is InChI=1S/C16H14ClNO3S/c1-2-10-18-16(19)14-11-13(8-9-15(14)17)22(20,21)12-6-4-3-5-7-12/h2-11H,1H3,(H,18,19)/b10-2+. The molecule has 2 aromatic carbocycles. The number of nitrogens with one attached hydrogen (secondary N) is 1. The third-order valence-electron chi connectivity index (χ3n) is 2.93. The van der Waals surface area contributed by atoms with Crippen LogP contribution in [0.2, 0.25) is 5.02 Å². The number of carbonyl (C=O) groups is 1. The zero-order chi connectivity index (χ0) is 16.2. The van der Waals surface area contributed by atoms with Crippen LogP contribution in [0.15, 0.2) is 70.6 Å². The average Bonchev–Trinajstić information content (AvgIpc) is 2.53. The van der Waals surface area contributed by atoms with Crippen molar-refractivity contribution >= 4 is 27.3 Å². The maximum Gasteiger partial charge on any atom is 0.256 e. The molecule has 114 valence electrons. The molecule has 0 unspecified atom stereocenters. The number of hydrogen-bond donors (Lipinski definition) is 1. The zero-order valence-corrected chi connectivity index (χ0v) is 13.4. The molecule has 0 spiro atoms. The van der Waals surface area contributed by atoms with Gasteiger partial charge in [0.15, 0.2) is 0 Å². The van der Waals surface area contributed by atoms with E-state index in [1.165, 1.54) is 36.5 Å². The summed E-state index contributed by atoms with van der Waals surface area (Å²) in [4.78, 5) is 12.2. The molecule has 0 atom stereocenters. The van der Waals surface area contributed by atoms with Crippen LogP contribution in [0.3, 0.4) is 0 Å². The summed E-state index contributed by atoms with van der Waals surface area (Å²) in [6, 6.07) is 12.1. The van der Waals surface area contributed by atoms with Gasteiger partial charge in [-0.2, -0.15) is 0 Å². The SMILES string of the molecule is C/C=C/NC(=O)c1cc(S(=O)(=O)c2ccccc2)ccc1Cl. The minimum atomic E-state index is -3.69. The first-order valence-corrected chi connectivity index (χ1v) is 8.34. The van der Waals surface area contributed by atoms with Gasteiger partial charge in [0.1, 0.15) is 0 Å². The van der Waals surface area contributed by atoms with Gasteiger partial charge in [-0.15, -0.1) is 0 Å². The molecule has 0 bridgehead atoms. The van der Waals surface area contributed by atoms with Crippen LogP contribution < -0.4 is 5.32 Å². The summed E-state index contributed by atoms with van der Waals surface area (Å²) >= 11 is 5.99. The molecule has 4 nitrogen and oxygen atoms in total. The molecule has 22 heavy (non-hydrogen) atoms. The molecule has 2 aromatic rings. The van der Waals surface area contributed by atoms with E-state index in [0.29, 0.717) is 0 Å². The predicted molar refractivity (Wildman–Crippen MR) is 85.6 cm³/mol. The van der Waals surface area contributed by atoms with Crippen LogP contribution >= 0.6 is 11.6 Å². The van der Waals surface area contributed by atoms with Crippen LogP contribution in [0.5, 0.6) is 0 Å². The highest BCUT2D eigenvalue weighted by molar-refractivity contribution is 7.91. The Morgan fingerprint density at radius 1 is 1.09 bits per heavy atom. The Labute approximate surface area is 134 Å². The fourth-order valence-corrected chi connectivity index (χ4v) is 3.33. The molecule has 0 heterocycles. The largest absolute Gasteiger partial charge is 0.329 e. The van der Waals surface area contributed by atoms with Gasteiger partial charge in [-0.05, 0) is 43.5 Å². The zero-order valence-electron chi connectivity index (χ0n) is 11.8. The lowest BCUT2D eigenvalue weighted by molar-refractivity contribution is 0.0970. The molecule has 6 heteroatoms. The highest BCUT2D eigenvalue weighted by atomic mass is 35.5. The van der Waals surface area contributed by atoms with E-state index in [2.05, 4.69) is 5.32 Å². The Morgan fingerprint density at radius 3 is 2.41 bits per heavy atom. The van der Waals surface area contributed by atoms with Gasteiger partial charge in [0.05, 0.1) is 20.4 Å². The Kier molecular flexibility index (Phi) is 5.00. The summed E-state index contributed by atoms with van der Waals surface area (Å²) in [5.74, 6) is -0.465. The monoisotopic (exact) mass is 335 g/mol. The van der Waals surface area contributed by atoms with E-state index in [1.807, 2.05) is 0 Å². The van der Waals surface area contributed by atoms with E-state index in [-0.39, 0.29) is 20.4 Å². The second kappa shape index (κ2) is 6.77. The van der Waals surface area contributed by atoms with Crippen LogP contribution in [-0.4, -0.2) is 14.3 Å². The van der Waals surface area contributed by atoms with Crippen molar-refractivity contribution in [2.75, 3.05) is 0 Å². The van der Waals surface area contributed by atoms with Gasteiger partial charge in [0.25, 0.3) is 5.91 Å². The van der Waals surface area contributed by atoms with E-state index in [1.54, 1.807) is 31.2 Å². The number of amides is 1. The van der Waals surface area contributed by atoms with Crippen molar-refractivity contribution in [1.82, 2.24) is 5.32 Å². The summed E-state index contributed by atoms with van der Waals surface area (Å²) in [7, 11) is -3.69. The van der Waals surface area contributed by atoms with Crippen molar-refractivity contribution in [3.63, 3.8) is 0 Å². The summed E-state index contributed by atoms with van der Waals surface area (Å²) in [5.41, 5.74) is 0.108. The van der Waals surface area contributed by atoms with E-state index in [0.717, 1.165) is 0 Å². The van der Waals surface area contributed by atoms with Gasteiger partial charge in [-0.3, -0.25) is 4.79 Å². The average molecular weight is 336 g/mol. The third-order valence-corrected chi connectivity index (χ3v) is 5.02. The maximum absolute atomic E-state index is 12.5. The number of allylic oxidation sites excluding steroid dienone is 1. The van der Waals surface area contributed by atoms with Gasteiger partial charge >= 0.3 is 0 Å². The minimum Gasteiger partial charge on any atom is -0.329 e. The number of sulfone groups is 1. The molecule has 1 N–H and O–H groups in total. The Morgan fingerprint density at radius 2 is 1.77 bits per heavy atom. The fraction of sp³-hybridized carbons (Fsp3) is 0.0625. The minimum absolute atomic E-state index is 0.0220. The first kappa shape index (κ1) is 16.3. The van der Waals surface area contributed by atoms with Crippen molar-refractivity contribution in [3.05, 3.63) is 71.4 Å². The fourth-order valence-electron chi connectivity index (χ4n) is 1.82. The van der Waals surface area contributed by atoms with E-state index in [9.17, 15) is 13.2 Å². The number of hydrogen-bond acceptors (Lipinski definition) is 3. The van der Waals surface area contributed by atoms with Crippen LogP contribution in [0, 0.1) is 0 Å². The first-order valence-electron chi connectivity index (χ1n) is 6.48. The van der Waals surface area contributed by atoms with Crippen LogP contribution in [-0.2, 0) is 9.84 Å². The van der Waals surface area contributed by atoms with Crippen LogP contribution in [0.1, 0.15) is 17.3 Å². The van der Waals surface area contributed by atoms with E-state index >= 15 is 0 Å². The number of carbonyl (C=O) groups excluding carboxylic acids is 1. The summed E-state index contributed by atoms with van der Waals surface area (Å²) in [6.07, 6.45) is 3.10. The lowest BCUT2D eigenvalue weighted by Crippen LogP contribution is -2.18. The summed E-state index contributed by atoms with van der Waals surface area (Å²) in [6.45, 7) is 1.75. The lowest BCUT2D eigenvalue weighted by atomic mass is 10.2. The number of benzene rings is 2. The topological polar surface area (TPSA) is 63.2 Å². The molecule has 0 saturated carbocycles. The molecule has 0 aromatic heterocycles. The number of halogens is 1. The summed E-state index contributed by atoms with van der Waals surface area (Å²) in [5, 5.41) is 2.70. The highest BCUT2D eigenvalue weighted by Crippen LogP contribution is 2.25. The van der Waals surface area contributed by atoms with Gasteiger partial charge in [0, 0.05) is 0 Å². The third kappa shape index (κ3) is 3.37. The molecular weight excluding hydrogens is 322 g/mol. The molecule has 0 aliphatic rings. The Balaban J connectivity index is 2.48. The Bertz CT molecular complexity index is 815. The van der Waals surface area contributed by atoms with Crippen molar-refractivity contribution in [2.45, 2.75) is 16.7 Å². The van der Waals surface area contributed by atoms with Gasteiger partial charge in [-0.1, -0.05) is 35.9 Å². The predicted octanol–water partition coefficient (Wildman–Crippen LogP) is 3.44. The molecule has 0 fully saturated rings. The molecular formula is C16H14ClNO3S. The highest BCUT2D eigenvalue weighted by Gasteiger charge is 2.20. The molecule has 0 saturated heterocycles. The Hall–Kier alpha value is -2.11. The second-order valence-corrected chi connectivity index (χ2v) is 6.79. The maximum atomic E-state index is 12.5. The van der Waals surface area contributed by atoms with Crippen molar-refractivity contribution in [3.8, 4) is 0 Å². The van der Waals surface area contributed by atoms with Gasteiger partial charge in [-0.25, -0.2) is 8.42 Å². The van der Waals surface area contributed by atoms with Crippen LogP contribution in [0.4, 0.5) is 0 Å². The normalized spacial score (nSPS) is 11.5. The van der Waals surface area contributed by atoms with E-state index < -0.39 is 15.7 Å². The second-order valence-electron chi connectivity index (χ2n) is 4.43. The smallest absolute Gasteiger partial charge is 0.256 e. The van der Waals surface area contributed by atoms with E-state index in [4.69, 9.17) is 11.6 Å². The van der Waals surface area contributed by atoms with Gasteiger partial charge < -0.3 is 5.32 Å². The molecule has 0 aliphatic carbocycles. The molecule has 0 aliphatic heterocycles. The lowest BCUT2D eigenvalue weighted by Gasteiger charge is -2.08. The van der Waals surface area contributed by atoms with Crippen molar-refractivity contribution in [2.24, 2.45) is 0 Å². The molecule has 0 radical (unpaired) electrons. The van der Waals surface area contributed by atoms with Crippen molar-refractivity contribution < 1.29 is 13.2 Å². The van der Waals surface area contributed by atoms with Gasteiger partial charge in [0.2, 0.25) is 9.84 Å². The summed E-state index contributed by atoms with van der Waals surface area (Å²) < 4.78 is 25.1. The van der Waals surface area contributed by atoms with Crippen molar-refractivity contribution in [1.29, 1.82) is 0 Å².